The molecule has 3 aromatic rings. The van der Waals surface area contributed by atoms with Crippen LogP contribution in [0.25, 0.3) is 17.1 Å². The van der Waals surface area contributed by atoms with Gasteiger partial charge in [-0.3, -0.25) is 4.21 Å². The van der Waals surface area contributed by atoms with Crippen LogP contribution in [0, 0.1) is 25.6 Å². The topological polar surface area (TPSA) is 103 Å². The van der Waals surface area contributed by atoms with Gasteiger partial charge in [0.05, 0.1) is 32.8 Å². The van der Waals surface area contributed by atoms with Crippen LogP contribution in [0.4, 0.5) is 10.2 Å². The first kappa shape index (κ1) is 22.4. The highest BCUT2D eigenvalue weighted by atomic mass is 32.2. The predicted molar refractivity (Wildman–Crippen MR) is 132 cm³/mol. The van der Waals surface area contributed by atoms with Crippen molar-refractivity contribution in [2.45, 2.75) is 44.6 Å². The zero-order chi connectivity index (χ0) is 24.0. The molecule has 3 heterocycles. The third-order valence-electron chi connectivity index (χ3n) is 6.03. The molecule has 1 aliphatic carbocycles. The van der Waals surface area contributed by atoms with E-state index in [1.165, 1.54) is 25.0 Å². The highest BCUT2D eigenvalue weighted by Crippen LogP contribution is 2.36. The molecule has 1 unspecified atom stereocenters. The van der Waals surface area contributed by atoms with Crippen molar-refractivity contribution in [1.82, 2.24) is 19.6 Å². The van der Waals surface area contributed by atoms with Crippen LogP contribution in [0.2, 0.25) is 0 Å². The minimum Gasteiger partial charge on any atom is -0.384 e. The molecule has 5 rings (SSSR count). The van der Waals surface area contributed by atoms with Crippen LogP contribution in [0.3, 0.4) is 0 Å². The van der Waals surface area contributed by atoms with Crippen molar-refractivity contribution < 1.29 is 8.60 Å². The number of nitrogens with zero attached hydrogens (tertiary/aromatic N) is 6. The van der Waals surface area contributed by atoms with Crippen LogP contribution < -0.4 is 5.73 Å². The molecular weight excluding hydrogens is 453 g/mol. The summed E-state index contributed by atoms with van der Waals surface area (Å²) in [4.78, 5) is 10.1. The quantitative estimate of drug-likeness (QED) is 0.602. The molecule has 176 valence electrons. The predicted octanol–water partition coefficient (Wildman–Crippen LogP) is 3.76. The Labute approximate surface area is 199 Å². The second-order valence-electron chi connectivity index (χ2n) is 8.70. The van der Waals surface area contributed by atoms with Crippen molar-refractivity contribution >= 4 is 34.5 Å². The minimum atomic E-state index is -1.17. The van der Waals surface area contributed by atoms with Gasteiger partial charge in [-0.25, -0.2) is 23.7 Å². The average molecular weight is 480 g/mol. The lowest BCUT2D eigenvalue weighted by Gasteiger charge is -2.06. The molecule has 1 fully saturated rings. The lowest BCUT2D eigenvalue weighted by molar-refractivity contribution is 0.568. The molecule has 0 bridgehead atoms. The van der Waals surface area contributed by atoms with E-state index in [-0.39, 0.29) is 11.7 Å². The van der Waals surface area contributed by atoms with Gasteiger partial charge in [-0.15, -0.1) is 0 Å². The van der Waals surface area contributed by atoms with E-state index in [0.29, 0.717) is 34.6 Å². The molecule has 0 radical (unpaired) electrons. The van der Waals surface area contributed by atoms with Crippen molar-refractivity contribution in [2.75, 3.05) is 6.26 Å². The minimum absolute atomic E-state index is 0.268. The fourth-order valence-electron chi connectivity index (χ4n) is 4.25. The summed E-state index contributed by atoms with van der Waals surface area (Å²) in [5, 5.41) is 9.39. The van der Waals surface area contributed by atoms with Gasteiger partial charge < -0.3 is 5.73 Å². The molecule has 1 saturated carbocycles. The molecule has 0 spiro atoms. The van der Waals surface area contributed by atoms with E-state index in [1.54, 1.807) is 35.4 Å². The van der Waals surface area contributed by atoms with E-state index in [4.69, 9.17) is 15.8 Å². The number of hydrogen-bond donors (Lipinski definition) is 1. The average Bonchev–Trinajstić information content (AvgIpc) is 3.45. The number of halogens is 1. The smallest absolute Gasteiger partial charge is 0.157 e. The number of nitrogens with two attached hydrogens (primary N) is 1. The lowest BCUT2D eigenvalue weighted by atomic mass is 10.1. The third-order valence-corrected chi connectivity index (χ3v) is 7.19. The maximum atomic E-state index is 13.5. The summed E-state index contributed by atoms with van der Waals surface area (Å²) >= 11 is 0. The van der Waals surface area contributed by atoms with Crippen LogP contribution in [-0.4, -0.2) is 42.1 Å². The van der Waals surface area contributed by atoms with E-state index in [2.05, 4.69) is 10.1 Å². The number of fused-ring (bicyclic) bond motifs is 1. The van der Waals surface area contributed by atoms with Crippen LogP contribution in [0.15, 0.2) is 45.2 Å². The van der Waals surface area contributed by atoms with Gasteiger partial charge in [-0.05, 0) is 56.9 Å². The Morgan fingerprint density at radius 2 is 1.91 bits per heavy atom. The van der Waals surface area contributed by atoms with Gasteiger partial charge in [0, 0.05) is 42.6 Å². The summed E-state index contributed by atoms with van der Waals surface area (Å²) in [5.41, 5.74) is 10.2. The molecule has 2 N–H and O–H groups in total. The Kier molecular flexibility index (Phi) is 5.76. The van der Waals surface area contributed by atoms with Gasteiger partial charge >= 0.3 is 0 Å². The van der Waals surface area contributed by atoms with Crippen LogP contribution in [0.5, 0.6) is 0 Å². The van der Waals surface area contributed by atoms with Gasteiger partial charge in [0.15, 0.2) is 11.6 Å². The second kappa shape index (κ2) is 8.75. The number of rotatable bonds is 5. The zero-order valence-corrected chi connectivity index (χ0v) is 20.1. The first-order chi connectivity index (χ1) is 16.3. The second-order valence-corrected chi connectivity index (χ2v) is 10.0. The molecule has 2 aromatic heterocycles. The number of aryl methyl sites for hydroxylation is 1. The fourth-order valence-corrected chi connectivity index (χ4v) is 5.21. The Morgan fingerprint density at radius 3 is 2.56 bits per heavy atom. The number of benzene rings is 1. The fraction of sp³-hybridized carbons (Fsp3) is 0.333. The van der Waals surface area contributed by atoms with Crippen LogP contribution >= 0.6 is 0 Å². The number of aromatic nitrogens is 4. The Bertz CT molecular complexity index is 1380. The van der Waals surface area contributed by atoms with Gasteiger partial charge in [0.2, 0.25) is 0 Å². The molecule has 1 atom stereocenters. The molecule has 10 heteroatoms. The maximum absolute atomic E-state index is 13.5. The molecular formula is C24H26FN7OS. The van der Waals surface area contributed by atoms with Crippen LogP contribution in [-0.2, 0) is 23.8 Å². The van der Waals surface area contributed by atoms with Gasteiger partial charge in [0.1, 0.15) is 11.7 Å². The van der Waals surface area contributed by atoms with Crippen LogP contribution in [0.1, 0.15) is 29.8 Å². The van der Waals surface area contributed by atoms with Crippen molar-refractivity contribution in [1.29, 1.82) is 0 Å². The van der Waals surface area contributed by atoms with Gasteiger partial charge in [-0.2, -0.15) is 10.2 Å². The van der Waals surface area contributed by atoms with Crippen molar-refractivity contribution in [2.24, 2.45) is 21.6 Å². The van der Waals surface area contributed by atoms with E-state index in [0.717, 1.165) is 29.1 Å². The summed E-state index contributed by atoms with van der Waals surface area (Å²) < 4.78 is 29.3. The summed E-state index contributed by atoms with van der Waals surface area (Å²) in [6.07, 6.45) is 7.89. The van der Waals surface area contributed by atoms with Crippen molar-refractivity contribution in [3.8, 4) is 11.3 Å². The molecule has 2 aliphatic rings. The molecule has 1 aliphatic heterocycles. The molecule has 8 nitrogen and oxygen atoms in total. The summed E-state index contributed by atoms with van der Waals surface area (Å²) in [7, 11) is -1.17. The van der Waals surface area contributed by atoms with E-state index < -0.39 is 10.8 Å². The third kappa shape index (κ3) is 4.25. The summed E-state index contributed by atoms with van der Waals surface area (Å²) in [6, 6.07) is 6.31. The standard InChI is InChI=1S/C24H26FN7OS/c1-14-23(34(3)33)15(2)32(29-14)21-12-20(26)28-24-19(10-11-27-21)22(17-6-8-18(25)9-7-17)30-31(24)13-16-4-5-16/h6-9,11-12,16H,4-5,10,13H2,1-3H3,(H2,26,28). The first-order valence-corrected chi connectivity index (χ1v) is 12.7. The number of aliphatic imine (C=N–C) groups is 2. The van der Waals surface area contributed by atoms with Gasteiger partial charge in [0.25, 0.3) is 0 Å². The first-order valence-electron chi connectivity index (χ1n) is 11.2. The molecule has 1 aromatic carbocycles. The lowest BCUT2D eigenvalue weighted by Crippen LogP contribution is -2.12. The highest BCUT2D eigenvalue weighted by molar-refractivity contribution is 7.84. The van der Waals surface area contributed by atoms with Gasteiger partial charge in [-0.1, -0.05) is 0 Å². The normalized spacial score (nSPS) is 16.8. The van der Waals surface area contributed by atoms with E-state index in [9.17, 15) is 8.60 Å². The number of hydrogen-bond acceptors (Lipinski definition) is 6. The largest absolute Gasteiger partial charge is 0.384 e. The summed E-state index contributed by atoms with van der Waals surface area (Å²) in [6.45, 7) is 4.45. The monoisotopic (exact) mass is 479 g/mol. The SMILES string of the molecule is Cc1nn(C2=CC(N)=Nc3c(c(-c4ccc(F)cc4)nn3CC3CC3)CC=N2)c(C)c1S(C)=O. The molecule has 0 amide bonds. The van der Waals surface area contributed by atoms with E-state index >= 15 is 0 Å². The Morgan fingerprint density at radius 1 is 1.18 bits per heavy atom. The Balaban J connectivity index is 1.61. The Hall–Kier alpha value is -3.40. The highest BCUT2D eigenvalue weighted by Gasteiger charge is 2.27. The summed E-state index contributed by atoms with van der Waals surface area (Å²) in [5.74, 6) is 1.74. The maximum Gasteiger partial charge on any atom is 0.157 e. The van der Waals surface area contributed by atoms with E-state index in [1.807, 2.05) is 18.5 Å². The van der Waals surface area contributed by atoms with Crippen molar-refractivity contribution in [3.05, 3.63) is 53.1 Å². The molecule has 0 saturated heterocycles. The number of amidine groups is 1. The van der Waals surface area contributed by atoms with Crippen molar-refractivity contribution in [3.63, 3.8) is 0 Å². The zero-order valence-electron chi connectivity index (χ0n) is 19.3. The molecule has 34 heavy (non-hydrogen) atoms.